The number of carbonyl (C=O) groups is 3. The zero-order valence-corrected chi connectivity index (χ0v) is 30.6. The van der Waals surface area contributed by atoms with Gasteiger partial charge in [-0.1, -0.05) is 19.7 Å². The summed E-state index contributed by atoms with van der Waals surface area (Å²) in [6.07, 6.45) is 8.82. The quantitative estimate of drug-likeness (QED) is 0.0492. The van der Waals surface area contributed by atoms with Gasteiger partial charge in [-0.25, -0.2) is 42.5 Å². The van der Waals surface area contributed by atoms with Crippen molar-refractivity contribution in [3.8, 4) is 0 Å². The molecule has 0 radical (unpaired) electrons. The van der Waals surface area contributed by atoms with Crippen molar-refractivity contribution in [1.29, 1.82) is 0 Å². The molecule has 0 amide bonds. The van der Waals surface area contributed by atoms with Gasteiger partial charge in [0.05, 0.1) is 57.8 Å². The smallest absolute Gasteiger partial charge is 0.336 e. The average molecular weight is 724 g/mol. The minimum absolute atomic E-state index is 0.0593. The molecule has 0 aromatic carbocycles. The van der Waals surface area contributed by atoms with Gasteiger partial charge in [0.15, 0.2) is 0 Å². The van der Waals surface area contributed by atoms with Crippen LogP contribution in [0.3, 0.4) is 0 Å². The minimum Gasteiger partial charge on any atom is -0.460 e. The number of unbranched alkanes of at least 4 members (excludes halogenated alkanes) is 3. The number of esters is 3. The number of ether oxygens (including phenoxy) is 6. The largest absolute Gasteiger partial charge is 0.460 e. The van der Waals surface area contributed by atoms with Gasteiger partial charge in [0.2, 0.25) is 0 Å². The second-order valence-electron chi connectivity index (χ2n) is 12.0. The number of rotatable bonds is 30. The predicted octanol–water partition coefficient (Wildman–Crippen LogP) is 3.09. The highest BCUT2D eigenvalue weighted by atomic mass is 16.6. The van der Waals surface area contributed by atoms with E-state index in [1.54, 1.807) is 20.8 Å². The molecule has 0 saturated heterocycles. The van der Waals surface area contributed by atoms with Gasteiger partial charge < -0.3 is 28.4 Å². The summed E-state index contributed by atoms with van der Waals surface area (Å²) in [5.74, 6) is -1.42. The number of aromatic nitrogens is 3. The third kappa shape index (κ3) is 19.2. The number of hydrogen-bond acceptors (Lipinski definition) is 12. The van der Waals surface area contributed by atoms with Crippen molar-refractivity contribution < 1.29 is 42.8 Å². The van der Waals surface area contributed by atoms with Gasteiger partial charge in [-0.05, 0) is 78.6 Å². The van der Waals surface area contributed by atoms with Crippen molar-refractivity contribution in [2.75, 3.05) is 39.6 Å². The lowest BCUT2D eigenvalue weighted by Gasteiger charge is -2.15. The van der Waals surface area contributed by atoms with E-state index in [0.717, 1.165) is 51.2 Å². The Morgan fingerprint density at radius 3 is 0.980 bits per heavy atom. The van der Waals surface area contributed by atoms with Crippen molar-refractivity contribution in [2.45, 2.75) is 117 Å². The van der Waals surface area contributed by atoms with Crippen LogP contribution in [0, 0.1) is 0 Å². The molecule has 0 bridgehead atoms. The number of hydrogen-bond donors (Lipinski definition) is 0. The van der Waals surface area contributed by atoms with Crippen molar-refractivity contribution in [3.63, 3.8) is 0 Å². The van der Waals surface area contributed by atoms with Crippen LogP contribution in [0.4, 0.5) is 0 Å². The lowest BCUT2D eigenvalue weighted by molar-refractivity contribution is -0.143. The maximum absolute atomic E-state index is 13.3. The van der Waals surface area contributed by atoms with Crippen LogP contribution in [-0.2, 0) is 62.4 Å². The topological polar surface area (TPSA) is 173 Å². The third-order valence-corrected chi connectivity index (χ3v) is 7.66. The van der Waals surface area contributed by atoms with E-state index in [9.17, 15) is 28.8 Å². The molecule has 1 aromatic heterocycles. The first-order chi connectivity index (χ1) is 24.4. The molecule has 1 aromatic rings. The van der Waals surface area contributed by atoms with Gasteiger partial charge in [0.25, 0.3) is 0 Å². The van der Waals surface area contributed by atoms with Crippen LogP contribution in [0.2, 0.25) is 0 Å². The Bertz CT molecular complexity index is 1220. The molecule has 51 heavy (non-hydrogen) atoms. The lowest BCUT2D eigenvalue weighted by Crippen LogP contribution is -2.55. The van der Waals surface area contributed by atoms with E-state index in [0.29, 0.717) is 58.3 Å². The fourth-order valence-corrected chi connectivity index (χ4v) is 4.85. The first-order valence-electron chi connectivity index (χ1n) is 17.6. The van der Waals surface area contributed by atoms with E-state index >= 15 is 0 Å². The van der Waals surface area contributed by atoms with E-state index in [4.69, 9.17) is 28.4 Å². The zero-order valence-electron chi connectivity index (χ0n) is 30.6. The molecule has 3 unspecified atom stereocenters. The lowest BCUT2D eigenvalue weighted by atomic mass is 10.2. The fraction of sp³-hybridized carbons (Fsp3) is 0.667. The van der Waals surface area contributed by atoms with E-state index in [2.05, 4.69) is 19.7 Å². The standard InChI is InChI=1S/C36H57N3O12/c1-7-31(40)49-28(4)16-10-13-22-46-25-19-37-34(43)38(20-26-47-23-14-11-17-29(5)50-32(41)8-2)36(45)39(35(37)44)21-27-48-24-15-12-18-30(6)51-33(42)9-3/h7-9,28-30H,1-3,10-27H2,4-6H3. The highest BCUT2D eigenvalue weighted by Crippen LogP contribution is 2.07. The van der Waals surface area contributed by atoms with Crippen molar-refractivity contribution in [1.82, 2.24) is 13.7 Å². The summed E-state index contributed by atoms with van der Waals surface area (Å²) < 4.78 is 35.4. The Balaban J connectivity index is 2.76. The van der Waals surface area contributed by atoms with Gasteiger partial charge in [-0.2, -0.15) is 0 Å². The predicted molar refractivity (Wildman–Crippen MR) is 190 cm³/mol. The van der Waals surface area contributed by atoms with Crippen molar-refractivity contribution in [3.05, 3.63) is 69.4 Å². The summed E-state index contributed by atoms with van der Waals surface area (Å²) >= 11 is 0. The van der Waals surface area contributed by atoms with Crippen LogP contribution in [0.15, 0.2) is 52.3 Å². The highest BCUT2D eigenvalue weighted by molar-refractivity contribution is 5.82. The van der Waals surface area contributed by atoms with Crippen LogP contribution in [-0.4, -0.2) is 89.6 Å². The molecule has 0 N–H and O–H groups in total. The molecule has 0 saturated carbocycles. The maximum Gasteiger partial charge on any atom is 0.336 e. The molecule has 0 fully saturated rings. The molecule has 0 aliphatic rings. The summed E-state index contributed by atoms with van der Waals surface area (Å²) in [6, 6.07) is 0. The van der Waals surface area contributed by atoms with Crippen molar-refractivity contribution >= 4 is 17.9 Å². The maximum atomic E-state index is 13.3. The number of carbonyl (C=O) groups excluding carboxylic acids is 3. The SMILES string of the molecule is C=CC(=O)OC(C)CCCCOCCn1c(=O)n(CCOCCCCC(C)OC(=O)C=C)c(=O)n(CCOCCCCC(C)OC(=O)C=C)c1=O. The monoisotopic (exact) mass is 723 g/mol. The Kier molecular flexibility index (Phi) is 23.5. The average Bonchev–Trinajstić information content (AvgIpc) is 3.10. The zero-order chi connectivity index (χ0) is 38.0. The van der Waals surface area contributed by atoms with Gasteiger partial charge >= 0.3 is 35.0 Å². The molecule has 1 rings (SSSR count). The molecule has 15 heteroatoms. The summed E-state index contributed by atoms with van der Waals surface area (Å²) in [5, 5.41) is 0. The molecule has 288 valence electrons. The second kappa shape index (κ2) is 26.7. The van der Waals surface area contributed by atoms with Crippen LogP contribution in [0.5, 0.6) is 0 Å². The van der Waals surface area contributed by atoms with Gasteiger partial charge in [-0.3, -0.25) is 0 Å². The molecule has 1 heterocycles. The van der Waals surface area contributed by atoms with Gasteiger partial charge in [0, 0.05) is 38.0 Å². The van der Waals surface area contributed by atoms with E-state index < -0.39 is 35.0 Å². The molecular formula is C36H57N3O12. The first-order valence-corrected chi connectivity index (χ1v) is 17.6. The van der Waals surface area contributed by atoms with Crippen LogP contribution < -0.4 is 17.1 Å². The molecule has 0 aliphatic carbocycles. The molecular weight excluding hydrogens is 666 g/mol. The second-order valence-corrected chi connectivity index (χ2v) is 12.0. The Hall–Kier alpha value is -4.08. The Labute approximate surface area is 299 Å². The minimum atomic E-state index is -0.753. The van der Waals surface area contributed by atoms with Crippen LogP contribution in [0.1, 0.15) is 78.6 Å². The van der Waals surface area contributed by atoms with E-state index in [1.807, 2.05) is 0 Å². The Morgan fingerprint density at radius 1 is 0.490 bits per heavy atom. The number of nitrogens with zero attached hydrogens (tertiary/aromatic N) is 3. The van der Waals surface area contributed by atoms with Gasteiger partial charge in [-0.15, -0.1) is 0 Å². The van der Waals surface area contributed by atoms with Crippen LogP contribution in [0.25, 0.3) is 0 Å². The Morgan fingerprint density at radius 2 is 0.745 bits per heavy atom. The normalized spacial score (nSPS) is 12.8. The summed E-state index contributed by atoms with van der Waals surface area (Å²) in [7, 11) is 0. The third-order valence-electron chi connectivity index (χ3n) is 7.66. The molecule has 0 spiro atoms. The molecule has 15 nitrogen and oxygen atoms in total. The molecule has 0 aliphatic heterocycles. The summed E-state index contributed by atoms with van der Waals surface area (Å²) in [6.45, 7) is 16.7. The van der Waals surface area contributed by atoms with E-state index in [1.165, 1.54) is 0 Å². The summed E-state index contributed by atoms with van der Waals surface area (Å²) in [4.78, 5) is 73.8. The highest BCUT2D eigenvalue weighted by Gasteiger charge is 2.16. The first kappa shape index (κ1) is 44.9. The fourth-order valence-electron chi connectivity index (χ4n) is 4.85. The van der Waals surface area contributed by atoms with Crippen LogP contribution >= 0.6 is 0 Å². The summed E-state index contributed by atoms with van der Waals surface area (Å²) in [5.41, 5.74) is -2.26. The molecule has 3 atom stereocenters. The van der Waals surface area contributed by atoms with E-state index in [-0.39, 0.29) is 57.8 Å². The van der Waals surface area contributed by atoms with Gasteiger partial charge in [0.1, 0.15) is 0 Å². The van der Waals surface area contributed by atoms with Crippen molar-refractivity contribution in [2.24, 2.45) is 0 Å².